The fourth-order valence-electron chi connectivity index (χ4n) is 10.6. The third-order valence-corrected chi connectivity index (χ3v) is 16.9. The molecule has 5 atom stereocenters. The number of hydrogen-bond donors (Lipinski definition) is 2. The zero-order chi connectivity index (χ0) is 48.8. The van der Waals surface area contributed by atoms with Crippen molar-refractivity contribution in [3.63, 3.8) is 0 Å². The number of nitrogens with one attached hydrogen (secondary N) is 1. The molecule has 5 heterocycles. The van der Waals surface area contributed by atoms with Crippen molar-refractivity contribution in [1.29, 1.82) is 0 Å². The molecule has 1 saturated heterocycles. The standard InChI is InChI=1S/C50H57F2N9O6S/c1-10-68(65,54-9)40-14-13-38(43(52)30(40)5)59-18-19-60(48(59)64)44(55-35-21-27(2)42(51)28(3)22-35)41-31(6)58(17-15-36(41)53)45(62)39-24-34-23-32(33-16-20-66-49(7,8)26-33)11-12-37(34)61(39)50(25-29(50)4)46-56-47(63)67-57-46/h11-14,18-19,21-24,29,31,33H,10,15-17,20,25-26,53H2,1-9H3,(H,56,57,63)/t29-,31-,33-,50-,68?/m0/s1. The first-order valence-electron chi connectivity index (χ1n) is 23.0. The topological polar surface area (TPSA) is 188 Å². The number of nitrogens with two attached hydrogens (primary N) is 1. The van der Waals surface area contributed by atoms with E-state index in [1.54, 1.807) is 37.8 Å². The van der Waals surface area contributed by atoms with Gasteiger partial charge in [0.05, 0.1) is 37.6 Å². The smallest absolute Gasteiger partial charge is 0.402 e. The van der Waals surface area contributed by atoms with Crippen LogP contribution in [0.2, 0.25) is 0 Å². The molecular weight excluding hydrogens is 893 g/mol. The van der Waals surface area contributed by atoms with E-state index in [-0.39, 0.29) is 64.0 Å². The second-order valence-corrected chi connectivity index (χ2v) is 21.8. The number of imidazole rings is 1. The molecule has 6 aromatic rings. The molecule has 2 fully saturated rings. The summed E-state index contributed by atoms with van der Waals surface area (Å²) >= 11 is 0. The molecule has 1 aliphatic carbocycles. The minimum atomic E-state index is -2.89. The molecule has 3 aliphatic rings. The van der Waals surface area contributed by atoms with E-state index in [1.165, 1.54) is 43.1 Å². The quantitative estimate of drug-likeness (QED) is 0.107. The Balaban J connectivity index is 1.17. The summed E-state index contributed by atoms with van der Waals surface area (Å²) in [5.41, 5.74) is 9.06. The highest BCUT2D eigenvalue weighted by molar-refractivity contribution is 7.93. The predicted molar refractivity (Wildman–Crippen MR) is 257 cm³/mol. The summed E-state index contributed by atoms with van der Waals surface area (Å²) in [6.45, 7) is 15.3. The Morgan fingerprint density at radius 3 is 2.37 bits per heavy atom. The number of halogens is 2. The predicted octanol–water partition coefficient (Wildman–Crippen LogP) is 8.13. The van der Waals surface area contributed by atoms with Gasteiger partial charge in [-0.1, -0.05) is 25.1 Å². The zero-order valence-electron chi connectivity index (χ0n) is 39.8. The number of aliphatic imine (C=N–C) groups is 1. The molecule has 15 nitrogen and oxygen atoms in total. The molecule has 3 aromatic carbocycles. The van der Waals surface area contributed by atoms with Crippen molar-refractivity contribution >= 4 is 38.1 Å². The molecule has 358 valence electrons. The number of benzene rings is 3. The van der Waals surface area contributed by atoms with Gasteiger partial charge in [0.1, 0.15) is 22.9 Å². The van der Waals surface area contributed by atoms with Crippen molar-refractivity contribution in [3.8, 4) is 5.69 Å². The maximum absolute atomic E-state index is 16.4. The van der Waals surface area contributed by atoms with Crippen LogP contribution in [0.3, 0.4) is 0 Å². The van der Waals surface area contributed by atoms with Gasteiger partial charge >= 0.3 is 11.4 Å². The minimum Gasteiger partial charge on any atom is -0.402 e. The van der Waals surface area contributed by atoms with E-state index in [4.69, 9.17) is 20.0 Å². The zero-order valence-corrected chi connectivity index (χ0v) is 40.6. The lowest BCUT2D eigenvalue weighted by Gasteiger charge is -2.37. The maximum atomic E-state index is 16.4. The van der Waals surface area contributed by atoms with Crippen molar-refractivity contribution in [3.05, 3.63) is 139 Å². The first kappa shape index (κ1) is 46.7. The number of carbonyl (C=O) groups excluding carboxylic acids is 1. The number of fused-ring (bicyclic) bond motifs is 1. The first-order chi connectivity index (χ1) is 32.2. The lowest BCUT2D eigenvalue weighted by atomic mass is 9.83. The monoisotopic (exact) mass is 949 g/mol. The molecule has 3 N–H and O–H groups in total. The van der Waals surface area contributed by atoms with Crippen LogP contribution in [-0.4, -0.2) is 82.3 Å². The summed E-state index contributed by atoms with van der Waals surface area (Å²) in [6, 6.07) is 13.4. The Morgan fingerprint density at radius 2 is 1.74 bits per heavy atom. The number of aromatic nitrogens is 5. The number of carbonyl (C=O) groups is 1. The van der Waals surface area contributed by atoms with E-state index < -0.39 is 44.4 Å². The van der Waals surface area contributed by atoms with Crippen molar-refractivity contribution < 1.29 is 27.0 Å². The molecule has 0 radical (unpaired) electrons. The van der Waals surface area contributed by atoms with Crippen LogP contribution in [0.25, 0.3) is 16.6 Å². The van der Waals surface area contributed by atoms with Crippen molar-refractivity contribution in [1.82, 2.24) is 28.7 Å². The van der Waals surface area contributed by atoms with Crippen molar-refractivity contribution in [2.24, 2.45) is 21.0 Å². The number of ether oxygens (including phenoxy) is 1. The van der Waals surface area contributed by atoms with Crippen LogP contribution in [0, 0.1) is 38.3 Å². The van der Waals surface area contributed by atoms with Gasteiger partial charge in [0.25, 0.3) is 5.91 Å². The van der Waals surface area contributed by atoms with Crippen LogP contribution in [0.15, 0.2) is 101 Å². The Hall–Kier alpha value is -6.40. The highest BCUT2D eigenvalue weighted by Gasteiger charge is 2.59. The van der Waals surface area contributed by atoms with E-state index >= 15 is 13.6 Å². The molecule has 2 aliphatic heterocycles. The van der Waals surface area contributed by atoms with Crippen molar-refractivity contribution in [2.75, 3.05) is 26.0 Å². The van der Waals surface area contributed by atoms with E-state index in [9.17, 15) is 13.8 Å². The van der Waals surface area contributed by atoms with Gasteiger partial charge in [-0.05, 0) is 132 Å². The SMILES string of the molecule is CCS(=O)(=NC)c1ccc(-n2ccn(C(=Nc3cc(C)c(F)c(C)c3)C3=C(N)CCN(C(=O)c4cc5cc([C@H]6CCOC(C)(C)C6)ccc5n4[C@@]4(c5noc(=O)[nH]5)C[C@@H]4C)[C@H]3C)c2=O)c(F)c1C. The second-order valence-electron chi connectivity index (χ2n) is 19.1. The van der Waals surface area contributed by atoms with Gasteiger partial charge in [0.15, 0.2) is 11.6 Å². The van der Waals surface area contributed by atoms with Crippen LogP contribution in [0.1, 0.15) is 105 Å². The summed E-state index contributed by atoms with van der Waals surface area (Å²) in [6.07, 6.45) is 5.32. The fraction of sp³-hybridized carbons (Fsp3) is 0.420. The van der Waals surface area contributed by atoms with Gasteiger partial charge in [0.2, 0.25) is 0 Å². The molecule has 18 heteroatoms. The highest BCUT2D eigenvalue weighted by atomic mass is 32.2. The normalized spacial score (nSPS) is 22.7. The molecule has 0 spiro atoms. The number of hydrogen-bond acceptors (Lipinski definition) is 10. The van der Waals surface area contributed by atoms with Gasteiger partial charge in [-0.15, -0.1) is 0 Å². The maximum Gasteiger partial charge on any atom is 0.438 e. The summed E-state index contributed by atoms with van der Waals surface area (Å²) in [5.74, 6) is -1.42. The number of amides is 1. The average Bonchev–Trinajstić information content (AvgIpc) is 3.61. The summed E-state index contributed by atoms with van der Waals surface area (Å²) in [7, 11) is -1.46. The van der Waals surface area contributed by atoms with Crippen LogP contribution in [0.4, 0.5) is 14.5 Å². The first-order valence-corrected chi connectivity index (χ1v) is 24.7. The van der Waals surface area contributed by atoms with Crippen LogP contribution >= 0.6 is 0 Å². The van der Waals surface area contributed by atoms with Gasteiger partial charge in [-0.2, -0.15) is 0 Å². The Bertz CT molecular complexity index is 3340. The minimum absolute atomic E-state index is 0.0364. The molecule has 3 aromatic heterocycles. The lowest BCUT2D eigenvalue weighted by molar-refractivity contribution is -0.0592. The number of aromatic amines is 1. The molecule has 9 rings (SSSR count). The molecule has 0 bridgehead atoms. The summed E-state index contributed by atoms with van der Waals surface area (Å²) in [4.78, 5) is 52.4. The number of nitrogens with zero attached hydrogens (tertiary/aromatic N) is 7. The molecule has 1 amide bonds. The van der Waals surface area contributed by atoms with E-state index in [2.05, 4.69) is 40.5 Å². The summed E-state index contributed by atoms with van der Waals surface area (Å²) < 4.78 is 64.4. The molecular formula is C50H57F2N9O6S. The summed E-state index contributed by atoms with van der Waals surface area (Å²) in [5, 5.41) is 5.00. The van der Waals surface area contributed by atoms with E-state index in [0.717, 1.165) is 33.9 Å². The Labute approximate surface area is 392 Å². The van der Waals surface area contributed by atoms with Gasteiger partial charge in [-0.3, -0.25) is 23.4 Å². The Morgan fingerprint density at radius 1 is 1.01 bits per heavy atom. The Kier molecular flexibility index (Phi) is 11.7. The van der Waals surface area contributed by atoms with E-state index in [1.807, 2.05) is 30.5 Å². The van der Waals surface area contributed by atoms with Crippen molar-refractivity contribution in [2.45, 2.75) is 109 Å². The van der Waals surface area contributed by atoms with Gasteiger partial charge in [0, 0.05) is 72.5 Å². The second kappa shape index (κ2) is 17.0. The highest BCUT2D eigenvalue weighted by Crippen LogP contribution is 2.56. The van der Waals surface area contributed by atoms with Crippen LogP contribution in [0.5, 0.6) is 0 Å². The van der Waals surface area contributed by atoms with Crippen LogP contribution < -0.4 is 17.2 Å². The van der Waals surface area contributed by atoms with E-state index in [0.29, 0.717) is 52.6 Å². The average molecular weight is 950 g/mol. The lowest BCUT2D eigenvalue weighted by Crippen LogP contribution is -2.49. The molecule has 1 saturated carbocycles. The third-order valence-electron chi connectivity index (χ3n) is 14.4. The third kappa shape index (κ3) is 7.65. The molecule has 68 heavy (non-hydrogen) atoms. The number of aryl methyl sites for hydroxylation is 2. The largest absolute Gasteiger partial charge is 0.438 e. The number of H-pyrrole nitrogens is 1. The van der Waals surface area contributed by atoms with Gasteiger partial charge in [-0.25, -0.2) is 31.9 Å². The van der Waals surface area contributed by atoms with Gasteiger partial charge < -0.3 is 19.9 Å². The number of rotatable bonds is 9. The van der Waals surface area contributed by atoms with Crippen LogP contribution in [-0.2, 0) is 20.0 Å². The fourth-order valence-corrected chi connectivity index (χ4v) is 12.2. The molecule has 1 unspecified atom stereocenters.